The van der Waals surface area contributed by atoms with Crippen molar-refractivity contribution < 1.29 is 9.84 Å². The van der Waals surface area contributed by atoms with Gasteiger partial charge in [0.25, 0.3) is 0 Å². The number of nitrogens with one attached hydrogen (secondary N) is 1. The Morgan fingerprint density at radius 1 is 1.16 bits per heavy atom. The van der Waals surface area contributed by atoms with Crippen molar-refractivity contribution in [2.45, 2.75) is 20.0 Å². The van der Waals surface area contributed by atoms with Gasteiger partial charge in [0.1, 0.15) is 17.0 Å². The second-order valence-corrected chi connectivity index (χ2v) is 7.41. The fourth-order valence-corrected chi connectivity index (χ4v) is 3.46. The molecule has 0 bridgehead atoms. The Kier molecular flexibility index (Phi) is 5.96. The number of benzene rings is 1. The molecule has 132 valence electrons. The Balaban J connectivity index is 1.69. The predicted molar refractivity (Wildman–Crippen MR) is 103 cm³/mol. The molecule has 25 heavy (non-hydrogen) atoms. The molecule has 5 nitrogen and oxygen atoms in total. The number of anilines is 1. The third-order valence-electron chi connectivity index (χ3n) is 3.65. The smallest absolute Gasteiger partial charge is 0.138 e. The van der Waals surface area contributed by atoms with Crippen molar-refractivity contribution in [1.29, 1.82) is 0 Å². The van der Waals surface area contributed by atoms with Crippen LogP contribution in [-0.2, 0) is 4.74 Å². The van der Waals surface area contributed by atoms with E-state index in [1.807, 2.05) is 18.2 Å². The Hall–Kier alpha value is -2.02. The zero-order valence-corrected chi connectivity index (χ0v) is 15.3. The summed E-state index contributed by atoms with van der Waals surface area (Å²) in [5.41, 5.74) is 1.17. The summed E-state index contributed by atoms with van der Waals surface area (Å²) in [6, 6.07) is 12.3. The first-order valence-corrected chi connectivity index (χ1v) is 9.24. The van der Waals surface area contributed by atoms with Crippen LogP contribution < -0.4 is 5.32 Å². The van der Waals surface area contributed by atoms with E-state index in [4.69, 9.17) is 4.74 Å². The third-order valence-corrected chi connectivity index (χ3v) is 4.75. The maximum absolute atomic E-state index is 10.1. The maximum Gasteiger partial charge on any atom is 0.138 e. The standard InChI is InChI=1S/C19H23N3O2S/c1-13(2)10-24-11-15(23)9-20-18-16-8-17(14-6-4-3-5-7-14)25-19(16)22-12-21-18/h3-8,12-13,15,23H,9-11H2,1-2H3,(H,20,21,22)/t15-/m0/s1. The first-order valence-electron chi connectivity index (χ1n) is 8.43. The zero-order chi connectivity index (χ0) is 17.6. The lowest BCUT2D eigenvalue weighted by Gasteiger charge is -2.14. The molecule has 1 atom stereocenters. The molecule has 0 radical (unpaired) electrons. The minimum atomic E-state index is -0.573. The SMILES string of the molecule is CC(C)COC[C@@H](O)CNc1ncnc2sc(-c3ccccc3)cc12. The predicted octanol–water partition coefficient (Wildman–Crippen LogP) is 3.80. The van der Waals surface area contributed by atoms with Gasteiger partial charge in [-0.05, 0) is 17.5 Å². The molecule has 2 aromatic heterocycles. The van der Waals surface area contributed by atoms with Gasteiger partial charge in [0.2, 0.25) is 0 Å². The van der Waals surface area contributed by atoms with E-state index in [9.17, 15) is 5.11 Å². The molecule has 0 unspecified atom stereocenters. The molecule has 0 fully saturated rings. The highest BCUT2D eigenvalue weighted by molar-refractivity contribution is 7.21. The van der Waals surface area contributed by atoms with Crippen LogP contribution >= 0.6 is 11.3 Å². The zero-order valence-electron chi connectivity index (χ0n) is 14.5. The quantitative estimate of drug-likeness (QED) is 0.642. The Morgan fingerprint density at radius 2 is 1.96 bits per heavy atom. The van der Waals surface area contributed by atoms with E-state index < -0.39 is 6.10 Å². The van der Waals surface area contributed by atoms with Crippen LogP contribution in [0.15, 0.2) is 42.7 Å². The third kappa shape index (κ3) is 4.75. The number of ether oxygens (including phenoxy) is 1. The van der Waals surface area contributed by atoms with Crippen molar-refractivity contribution >= 4 is 27.4 Å². The molecule has 0 saturated carbocycles. The summed E-state index contributed by atoms with van der Waals surface area (Å²) in [6.45, 7) is 5.53. The molecule has 0 saturated heterocycles. The number of aromatic nitrogens is 2. The van der Waals surface area contributed by atoms with Gasteiger partial charge in [-0.15, -0.1) is 11.3 Å². The second kappa shape index (κ2) is 8.38. The molecular weight excluding hydrogens is 334 g/mol. The van der Waals surface area contributed by atoms with Crippen LogP contribution in [0.5, 0.6) is 0 Å². The summed E-state index contributed by atoms with van der Waals surface area (Å²) in [4.78, 5) is 10.8. The monoisotopic (exact) mass is 357 g/mol. The molecule has 3 aromatic rings. The van der Waals surface area contributed by atoms with Crippen LogP contribution in [0.1, 0.15) is 13.8 Å². The molecule has 0 amide bonds. The number of nitrogens with zero attached hydrogens (tertiary/aromatic N) is 2. The Morgan fingerprint density at radius 3 is 2.72 bits per heavy atom. The molecule has 1 aromatic carbocycles. The van der Waals surface area contributed by atoms with Crippen LogP contribution in [0.25, 0.3) is 20.7 Å². The first-order chi connectivity index (χ1) is 12.1. The first kappa shape index (κ1) is 17.8. The second-order valence-electron chi connectivity index (χ2n) is 6.38. The van der Waals surface area contributed by atoms with Crippen molar-refractivity contribution in [3.8, 4) is 10.4 Å². The molecular formula is C19H23N3O2S. The Labute approximate surface area is 151 Å². The van der Waals surface area contributed by atoms with Crippen molar-refractivity contribution in [3.05, 3.63) is 42.7 Å². The number of thiophene rings is 1. The number of hydrogen-bond acceptors (Lipinski definition) is 6. The maximum atomic E-state index is 10.1. The van der Waals surface area contributed by atoms with Crippen molar-refractivity contribution in [2.75, 3.05) is 25.1 Å². The van der Waals surface area contributed by atoms with Gasteiger partial charge >= 0.3 is 0 Å². The van der Waals surface area contributed by atoms with Gasteiger partial charge in [-0.3, -0.25) is 0 Å². The van der Waals surface area contributed by atoms with Gasteiger partial charge in [-0.2, -0.15) is 0 Å². The summed E-state index contributed by atoms with van der Waals surface area (Å²) in [6.07, 6.45) is 0.980. The molecule has 0 spiro atoms. The highest BCUT2D eigenvalue weighted by atomic mass is 32.1. The average Bonchev–Trinajstić information content (AvgIpc) is 3.05. The minimum absolute atomic E-state index is 0.318. The van der Waals surface area contributed by atoms with E-state index in [1.54, 1.807) is 17.7 Å². The minimum Gasteiger partial charge on any atom is -0.389 e. The molecule has 3 rings (SSSR count). The lowest BCUT2D eigenvalue weighted by atomic mass is 10.2. The largest absolute Gasteiger partial charge is 0.389 e. The molecule has 0 aliphatic rings. The van der Waals surface area contributed by atoms with Crippen molar-refractivity contribution in [3.63, 3.8) is 0 Å². The molecule has 2 heterocycles. The summed E-state index contributed by atoms with van der Waals surface area (Å²) in [7, 11) is 0. The van der Waals surface area contributed by atoms with E-state index >= 15 is 0 Å². The summed E-state index contributed by atoms with van der Waals surface area (Å²) in [5.74, 6) is 1.20. The topological polar surface area (TPSA) is 67.3 Å². The van der Waals surface area contributed by atoms with Crippen LogP contribution in [0.2, 0.25) is 0 Å². The van der Waals surface area contributed by atoms with E-state index in [0.29, 0.717) is 25.7 Å². The van der Waals surface area contributed by atoms with Crippen LogP contribution in [0, 0.1) is 5.92 Å². The molecule has 6 heteroatoms. The van der Waals surface area contributed by atoms with Gasteiger partial charge in [-0.25, -0.2) is 9.97 Å². The van der Waals surface area contributed by atoms with Gasteiger partial charge in [-0.1, -0.05) is 44.2 Å². The summed E-state index contributed by atoms with van der Waals surface area (Å²) >= 11 is 1.64. The number of rotatable bonds is 8. The molecule has 0 aliphatic heterocycles. The Bertz CT molecular complexity index is 805. The fraction of sp³-hybridized carbons (Fsp3) is 0.368. The number of aliphatic hydroxyl groups excluding tert-OH is 1. The van der Waals surface area contributed by atoms with Gasteiger partial charge in [0, 0.05) is 18.0 Å². The van der Waals surface area contributed by atoms with Gasteiger partial charge in [0.15, 0.2) is 0 Å². The van der Waals surface area contributed by atoms with Gasteiger partial charge in [0.05, 0.1) is 18.1 Å². The highest BCUT2D eigenvalue weighted by Crippen LogP contribution is 2.34. The summed E-state index contributed by atoms with van der Waals surface area (Å²) in [5, 5.41) is 14.2. The van der Waals surface area contributed by atoms with E-state index in [1.165, 1.54) is 5.56 Å². The van der Waals surface area contributed by atoms with Crippen LogP contribution in [0.3, 0.4) is 0 Å². The van der Waals surface area contributed by atoms with E-state index in [2.05, 4.69) is 47.3 Å². The van der Waals surface area contributed by atoms with Crippen LogP contribution in [-0.4, -0.2) is 40.9 Å². The number of fused-ring (bicyclic) bond motifs is 1. The van der Waals surface area contributed by atoms with Crippen molar-refractivity contribution in [2.24, 2.45) is 5.92 Å². The summed E-state index contributed by atoms with van der Waals surface area (Å²) < 4.78 is 5.47. The highest BCUT2D eigenvalue weighted by Gasteiger charge is 2.11. The number of aliphatic hydroxyl groups is 1. The van der Waals surface area contributed by atoms with Crippen molar-refractivity contribution in [1.82, 2.24) is 9.97 Å². The normalized spacial score (nSPS) is 12.6. The molecule has 2 N–H and O–H groups in total. The number of hydrogen-bond donors (Lipinski definition) is 2. The molecule has 0 aliphatic carbocycles. The average molecular weight is 357 g/mol. The van der Waals surface area contributed by atoms with E-state index in [-0.39, 0.29) is 0 Å². The fourth-order valence-electron chi connectivity index (χ4n) is 2.45. The lowest BCUT2D eigenvalue weighted by molar-refractivity contribution is 0.0317. The van der Waals surface area contributed by atoms with Crippen LogP contribution in [0.4, 0.5) is 5.82 Å². The van der Waals surface area contributed by atoms with Gasteiger partial charge < -0.3 is 15.2 Å². The van der Waals surface area contributed by atoms with E-state index in [0.717, 1.165) is 20.9 Å². The lowest BCUT2D eigenvalue weighted by Crippen LogP contribution is -2.26.